The third kappa shape index (κ3) is 4.20. The van der Waals surface area contributed by atoms with Gasteiger partial charge in [0, 0.05) is 16.6 Å². The number of phenols is 1. The maximum Gasteiger partial charge on any atom is 0.255 e. The van der Waals surface area contributed by atoms with Gasteiger partial charge in [0.25, 0.3) is 5.91 Å². The number of nitrogens with zero attached hydrogens (tertiary/aromatic N) is 1. The van der Waals surface area contributed by atoms with Gasteiger partial charge in [-0.15, -0.1) is 0 Å². The number of likely N-dealkylation sites (tertiary alicyclic amines) is 1. The second kappa shape index (κ2) is 6.79. The molecule has 1 aliphatic rings. The van der Waals surface area contributed by atoms with E-state index >= 15 is 0 Å². The first kappa shape index (κ1) is 16.3. The van der Waals surface area contributed by atoms with Crippen LogP contribution < -0.4 is 5.32 Å². The molecule has 116 valence electrons. The number of amides is 1. The molecule has 4 nitrogen and oxygen atoms in total. The number of nitrogens with one attached hydrogen (secondary N) is 1. The minimum absolute atomic E-state index is 0.00600. The van der Waals surface area contributed by atoms with Gasteiger partial charge in [0.05, 0.1) is 5.56 Å². The highest BCUT2D eigenvalue weighted by atomic mass is 79.9. The molecule has 1 aliphatic heterocycles. The highest BCUT2D eigenvalue weighted by Gasteiger charge is 2.28. The third-order valence-corrected chi connectivity index (χ3v) is 4.59. The Balaban J connectivity index is 1.98. The van der Waals surface area contributed by atoms with Crippen molar-refractivity contribution >= 4 is 21.8 Å². The standard InChI is InChI=1S/C16H23BrN2O2/c1-16(2,19-8-4-3-5-9-19)11-18-15(21)13-10-12(17)6-7-14(13)20/h6-7,10,20H,3-5,8-9,11H2,1-2H3,(H,18,21). The number of piperidine rings is 1. The van der Waals surface area contributed by atoms with Crippen LogP contribution in [0.25, 0.3) is 0 Å². The second-order valence-corrected chi connectivity index (χ2v) is 7.12. The molecule has 0 spiro atoms. The predicted octanol–water partition coefficient (Wildman–Crippen LogP) is 3.15. The molecule has 0 radical (unpaired) electrons. The fourth-order valence-corrected chi connectivity index (χ4v) is 3.05. The summed E-state index contributed by atoms with van der Waals surface area (Å²) in [4.78, 5) is 14.7. The topological polar surface area (TPSA) is 52.6 Å². The Labute approximate surface area is 134 Å². The van der Waals surface area contributed by atoms with E-state index in [1.54, 1.807) is 12.1 Å². The van der Waals surface area contributed by atoms with Crippen molar-refractivity contribution in [1.82, 2.24) is 10.2 Å². The van der Waals surface area contributed by atoms with Crippen LogP contribution in [0.4, 0.5) is 0 Å². The van der Waals surface area contributed by atoms with E-state index in [-0.39, 0.29) is 17.2 Å². The summed E-state index contributed by atoms with van der Waals surface area (Å²) in [5.74, 6) is -0.231. The van der Waals surface area contributed by atoms with Crippen molar-refractivity contribution in [1.29, 1.82) is 0 Å². The van der Waals surface area contributed by atoms with Crippen LogP contribution in [0.1, 0.15) is 43.5 Å². The first-order chi connectivity index (χ1) is 9.90. The summed E-state index contributed by atoms with van der Waals surface area (Å²) in [5, 5.41) is 12.7. The van der Waals surface area contributed by atoms with Crippen LogP contribution in [0.15, 0.2) is 22.7 Å². The molecule has 1 heterocycles. The summed E-state index contributed by atoms with van der Waals surface area (Å²) in [5.41, 5.74) is 0.233. The molecule has 0 atom stereocenters. The van der Waals surface area contributed by atoms with Crippen LogP contribution in [0.2, 0.25) is 0 Å². The lowest BCUT2D eigenvalue weighted by atomic mass is 9.98. The molecule has 0 bridgehead atoms. The zero-order chi connectivity index (χ0) is 15.5. The van der Waals surface area contributed by atoms with E-state index in [2.05, 4.69) is 40.0 Å². The van der Waals surface area contributed by atoms with Crippen molar-refractivity contribution in [3.8, 4) is 5.75 Å². The van der Waals surface area contributed by atoms with Gasteiger partial charge in [0.15, 0.2) is 0 Å². The Kier molecular flexibility index (Phi) is 5.27. The normalized spacial score (nSPS) is 16.7. The first-order valence-electron chi connectivity index (χ1n) is 7.42. The van der Waals surface area contributed by atoms with Crippen molar-refractivity contribution < 1.29 is 9.90 Å². The molecule has 0 aromatic heterocycles. The van der Waals surface area contributed by atoms with Crippen molar-refractivity contribution in [3.05, 3.63) is 28.2 Å². The zero-order valence-electron chi connectivity index (χ0n) is 12.7. The summed E-state index contributed by atoms with van der Waals surface area (Å²) in [6.07, 6.45) is 3.75. The lowest BCUT2D eigenvalue weighted by molar-refractivity contribution is 0.0796. The van der Waals surface area contributed by atoms with Crippen LogP contribution >= 0.6 is 15.9 Å². The van der Waals surface area contributed by atoms with E-state index in [1.165, 1.54) is 25.3 Å². The highest BCUT2D eigenvalue weighted by Crippen LogP contribution is 2.23. The maximum atomic E-state index is 12.2. The van der Waals surface area contributed by atoms with Crippen molar-refractivity contribution in [2.24, 2.45) is 0 Å². The minimum Gasteiger partial charge on any atom is -0.507 e. The summed E-state index contributed by atoms with van der Waals surface area (Å²) >= 11 is 3.32. The molecule has 1 saturated heterocycles. The zero-order valence-corrected chi connectivity index (χ0v) is 14.2. The predicted molar refractivity (Wildman–Crippen MR) is 87.6 cm³/mol. The number of halogens is 1. The van der Waals surface area contributed by atoms with Crippen LogP contribution in [-0.4, -0.2) is 41.1 Å². The molecule has 0 saturated carbocycles. The number of hydrogen-bond donors (Lipinski definition) is 2. The van der Waals surface area contributed by atoms with Crippen molar-refractivity contribution in [2.75, 3.05) is 19.6 Å². The number of carbonyl (C=O) groups is 1. The van der Waals surface area contributed by atoms with Gasteiger partial charge in [-0.05, 0) is 58.0 Å². The van der Waals surface area contributed by atoms with Gasteiger partial charge in [0.2, 0.25) is 0 Å². The molecule has 0 aliphatic carbocycles. The number of aromatic hydroxyl groups is 1. The molecule has 1 amide bonds. The van der Waals surface area contributed by atoms with Gasteiger partial charge >= 0.3 is 0 Å². The number of benzene rings is 1. The van der Waals surface area contributed by atoms with E-state index in [0.717, 1.165) is 17.6 Å². The van der Waals surface area contributed by atoms with Crippen LogP contribution in [0, 0.1) is 0 Å². The molecular weight excluding hydrogens is 332 g/mol. The number of hydrogen-bond acceptors (Lipinski definition) is 3. The van der Waals surface area contributed by atoms with E-state index in [1.807, 2.05) is 0 Å². The third-order valence-electron chi connectivity index (χ3n) is 4.10. The Morgan fingerprint density at radius 2 is 2.00 bits per heavy atom. The van der Waals surface area contributed by atoms with Crippen LogP contribution in [-0.2, 0) is 0 Å². The SMILES string of the molecule is CC(C)(CNC(=O)c1cc(Br)ccc1O)N1CCCCC1. The molecule has 1 aromatic carbocycles. The van der Waals surface area contributed by atoms with Gasteiger partial charge < -0.3 is 10.4 Å². The molecule has 21 heavy (non-hydrogen) atoms. The quantitative estimate of drug-likeness (QED) is 0.873. The Hall–Kier alpha value is -1.07. The highest BCUT2D eigenvalue weighted by molar-refractivity contribution is 9.10. The molecule has 5 heteroatoms. The van der Waals surface area contributed by atoms with Gasteiger partial charge in [-0.1, -0.05) is 22.4 Å². The molecule has 0 unspecified atom stereocenters. The first-order valence-corrected chi connectivity index (χ1v) is 8.21. The summed E-state index contributed by atoms with van der Waals surface area (Å²) in [6.45, 7) is 7.05. The molecule has 1 fully saturated rings. The van der Waals surface area contributed by atoms with Crippen LogP contribution in [0.5, 0.6) is 5.75 Å². The van der Waals surface area contributed by atoms with E-state index in [9.17, 15) is 9.90 Å². The summed E-state index contributed by atoms with van der Waals surface area (Å²) < 4.78 is 0.778. The van der Waals surface area contributed by atoms with Gasteiger partial charge in [-0.3, -0.25) is 9.69 Å². The van der Waals surface area contributed by atoms with Gasteiger partial charge in [-0.2, -0.15) is 0 Å². The fourth-order valence-electron chi connectivity index (χ4n) is 2.69. The van der Waals surface area contributed by atoms with Gasteiger partial charge in [-0.25, -0.2) is 0 Å². The molecular formula is C16H23BrN2O2. The second-order valence-electron chi connectivity index (χ2n) is 6.20. The summed E-state index contributed by atoms with van der Waals surface area (Å²) in [7, 11) is 0. The Morgan fingerprint density at radius 1 is 1.33 bits per heavy atom. The minimum atomic E-state index is -0.237. The average molecular weight is 355 g/mol. The Bertz CT molecular complexity index is 511. The van der Waals surface area contributed by atoms with Crippen molar-refractivity contribution in [2.45, 2.75) is 38.6 Å². The monoisotopic (exact) mass is 354 g/mol. The van der Waals surface area contributed by atoms with E-state index in [0.29, 0.717) is 12.1 Å². The largest absolute Gasteiger partial charge is 0.507 e. The van der Waals surface area contributed by atoms with E-state index < -0.39 is 0 Å². The Morgan fingerprint density at radius 3 is 2.67 bits per heavy atom. The lowest BCUT2D eigenvalue weighted by Gasteiger charge is -2.41. The number of carbonyl (C=O) groups excluding carboxylic acids is 1. The van der Waals surface area contributed by atoms with E-state index in [4.69, 9.17) is 0 Å². The molecule has 1 aromatic rings. The van der Waals surface area contributed by atoms with Gasteiger partial charge in [0.1, 0.15) is 5.75 Å². The average Bonchev–Trinajstić information content (AvgIpc) is 2.48. The van der Waals surface area contributed by atoms with Crippen LogP contribution in [0.3, 0.4) is 0 Å². The summed E-state index contributed by atoms with van der Waals surface area (Å²) in [6, 6.07) is 4.87. The smallest absolute Gasteiger partial charge is 0.255 e. The van der Waals surface area contributed by atoms with Crippen molar-refractivity contribution in [3.63, 3.8) is 0 Å². The fraction of sp³-hybridized carbons (Fsp3) is 0.562. The molecule has 2 rings (SSSR count). The number of phenolic OH excluding ortho intramolecular Hbond substituents is 1. The molecule has 2 N–H and O–H groups in total. The lowest BCUT2D eigenvalue weighted by Crippen LogP contribution is -2.53. The maximum absolute atomic E-state index is 12.2. The number of rotatable bonds is 4.